The highest BCUT2D eigenvalue weighted by Gasteiger charge is 2.21. The second-order valence-corrected chi connectivity index (χ2v) is 7.61. The molecule has 8 nitrogen and oxygen atoms in total. The van der Waals surface area contributed by atoms with Crippen molar-refractivity contribution < 1.29 is 9.84 Å². The number of aliphatic hydroxyl groups excluding tert-OH is 1. The van der Waals surface area contributed by atoms with E-state index in [4.69, 9.17) is 4.74 Å². The van der Waals surface area contributed by atoms with Gasteiger partial charge in [0, 0.05) is 19.3 Å². The molecule has 2 atom stereocenters. The van der Waals surface area contributed by atoms with Crippen LogP contribution < -0.4 is 16.7 Å². The van der Waals surface area contributed by atoms with Crippen LogP contribution in [-0.4, -0.2) is 32.9 Å². The molecular weight excluding hydrogens is 360 g/mol. The third-order valence-electron chi connectivity index (χ3n) is 5.15. The first-order chi connectivity index (χ1) is 13.4. The van der Waals surface area contributed by atoms with Crippen LogP contribution in [0.3, 0.4) is 0 Å². The Hall–Kier alpha value is -2.45. The fraction of sp³-hybridized carbons (Fsp3) is 0.550. The third kappa shape index (κ3) is 4.51. The summed E-state index contributed by atoms with van der Waals surface area (Å²) in [6, 6.07) is 7.22. The van der Waals surface area contributed by atoms with Crippen LogP contribution in [0.2, 0.25) is 0 Å². The average Bonchev–Trinajstić information content (AvgIpc) is 2.67. The number of rotatable bonds is 6. The molecule has 2 aromatic rings. The van der Waals surface area contributed by atoms with Crippen LogP contribution in [0.5, 0.6) is 0 Å². The van der Waals surface area contributed by atoms with Crippen molar-refractivity contribution in [3.63, 3.8) is 0 Å². The topological polar surface area (TPSA) is 109 Å². The van der Waals surface area contributed by atoms with Gasteiger partial charge in [-0.3, -0.25) is 4.98 Å². The smallest absolute Gasteiger partial charge is 0.355 e. The molecule has 0 spiro atoms. The first-order valence-electron chi connectivity index (χ1n) is 9.72. The predicted octanol–water partition coefficient (Wildman–Crippen LogP) is 2.15. The molecule has 8 heteroatoms. The van der Waals surface area contributed by atoms with E-state index in [0.717, 1.165) is 11.1 Å². The molecule has 1 aliphatic heterocycles. The minimum absolute atomic E-state index is 0.106. The zero-order valence-electron chi connectivity index (χ0n) is 16.5. The van der Waals surface area contributed by atoms with Crippen molar-refractivity contribution in [3.05, 3.63) is 56.4 Å². The Morgan fingerprint density at radius 1 is 1.21 bits per heavy atom. The van der Waals surface area contributed by atoms with Crippen LogP contribution in [0.4, 0.5) is 5.95 Å². The highest BCUT2D eigenvalue weighted by atomic mass is 16.5. The van der Waals surface area contributed by atoms with Crippen molar-refractivity contribution in [1.29, 1.82) is 0 Å². The normalized spacial score (nSPS) is 17.5. The molecule has 28 heavy (non-hydrogen) atoms. The van der Waals surface area contributed by atoms with Crippen LogP contribution >= 0.6 is 0 Å². The molecule has 0 amide bonds. The number of aliphatic hydroxyl groups is 1. The maximum absolute atomic E-state index is 12.5. The number of nitrogens with zero attached hydrogens (tertiary/aromatic N) is 2. The Labute approximate surface area is 163 Å². The Morgan fingerprint density at radius 3 is 2.54 bits per heavy atom. The number of anilines is 1. The fourth-order valence-corrected chi connectivity index (χ4v) is 3.45. The summed E-state index contributed by atoms with van der Waals surface area (Å²) in [6.45, 7) is 6.89. The lowest BCUT2D eigenvalue weighted by Gasteiger charge is -2.23. The first kappa shape index (κ1) is 20.3. The van der Waals surface area contributed by atoms with E-state index in [0.29, 0.717) is 26.1 Å². The van der Waals surface area contributed by atoms with Gasteiger partial charge < -0.3 is 15.2 Å². The Bertz CT molecular complexity index is 884. The summed E-state index contributed by atoms with van der Waals surface area (Å²) in [6.07, 6.45) is 0.700. The maximum atomic E-state index is 12.5. The highest BCUT2D eigenvalue weighted by molar-refractivity contribution is 5.33. The average molecular weight is 388 g/mol. The van der Waals surface area contributed by atoms with Crippen molar-refractivity contribution in [2.24, 2.45) is 5.92 Å². The highest BCUT2D eigenvalue weighted by Crippen LogP contribution is 2.25. The quantitative estimate of drug-likeness (QED) is 0.700. The van der Waals surface area contributed by atoms with E-state index >= 15 is 0 Å². The molecule has 3 N–H and O–H groups in total. The van der Waals surface area contributed by atoms with Crippen LogP contribution in [-0.2, 0) is 4.74 Å². The van der Waals surface area contributed by atoms with Gasteiger partial charge in [0.05, 0.1) is 12.1 Å². The van der Waals surface area contributed by atoms with Gasteiger partial charge in [0.1, 0.15) is 0 Å². The standard InChI is InChI=1S/C20H28N4O4/c1-12(2)17(25)15-6-4-5-14(11-15)13(3)21-18-22-19(26)24(20(27)23-18)16-7-9-28-10-8-16/h4-6,11-13,16-17,25H,7-10H2,1-3H3,(H2,21,22,23,26,27)/t13-,17?/m0/s1. The second kappa shape index (κ2) is 8.70. The maximum Gasteiger partial charge on any atom is 0.355 e. The van der Waals surface area contributed by atoms with Crippen molar-refractivity contribution in [2.75, 3.05) is 18.5 Å². The minimum atomic E-state index is -0.561. The molecule has 1 fully saturated rings. The molecule has 1 aliphatic rings. The van der Waals surface area contributed by atoms with Crippen molar-refractivity contribution >= 4 is 5.95 Å². The zero-order chi connectivity index (χ0) is 20.3. The zero-order valence-corrected chi connectivity index (χ0v) is 16.5. The number of hydrogen-bond donors (Lipinski definition) is 3. The fourth-order valence-electron chi connectivity index (χ4n) is 3.45. The summed E-state index contributed by atoms with van der Waals surface area (Å²) in [5, 5.41) is 13.4. The van der Waals surface area contributed by atoms with Gasteiger partial charge in [-0.1, -0.05) is 38.1 Å². The monoisotopic (exact) mass is 388 g/mol. The van der Waals surface area contributed by atoms with E-state index in [1.165, 1.54) is 4.57 Å². The lowest BCUT2D eigenvalue weighted by molar-refractivity contribution is 0.0670. The summed E-state index contributed by atoms with van der Waals surface area (Å²) in [5.74, 6) is 0.245. The van der Waals surface area contributed by atoms with Crippen molar-refractivity contribution in [2.45, 2.75) is 51.8 Å². The van der Waals surface area contributed by atoms with Gasteiger partial charge >= 0.3 is 11.4 Å². The number of benzene rings is 1. The number of H-pyrrole nitrogens is 1. The first-order valence-corrected chi connectivity index (χ1v) is 9.72. The third-order valence-corrected chi connectivity index (χ3v) is 5.15. The Balaban J connectivity index is 1.79. The lowest BCUT2D eigenvalue weighted by Crippen LogP contribution is -2.42. The number of ether oxygens (including phenoxy) is 1. The van der Waals surface area contributed by atoms with E-state index in [1.54, 1.807) is 0 Å². The van der Waals surface area contributed by atoms with E-state index < -0.39 is 17.5 Å². The summed E-state index contributed by atoms with van der Waals surface area (Å²) in [4.78, 5) is 31.5. The van der Waals surface area contributed by atoms with Gasteiger partial charge in [-0.25, -0.2) is 14.2 Å². The molecule has 0 saturated carbocycles. The predicted molar refractivity (Wildman–Crippen MR) is 106 cm³/mol. The molecule has 1 aromatic carbocycles. The summed E-state index contributed by atoms with van der Waals surface area (Å²) < 4.78 is 6.47. The number of nitrogens with one attached hydrogen (secondary N) is 2. The van der Waals surface area contributed by atoms with Crippen LogP contribution in [0.25, 0.3) is 0 Å². The molecule has 0 aliphatic carbocycles. The second-order valence-electron chi connectivity index (χ2n) is 7.61. The number of aromatic amines is 1. The number of hydrogen-bond acceptors (Lipinski definition) is 6. The van der Waals surface area contributed by atoms with Gasteiger partial charge in [0.2, 0.25) is 5.95 Å². The summed E-state index contributed by atoms with van der Waals surface area (Å²) >= 11 is 0. The van der Waals surface area contributed by atoms with Crippen molar-refractivity contribution in [3.8, 4) is 0 Å². The van der Waals surface area contributed by atoms with Gasteiger partial charge in [0.25, 0.3) is 0 Å². The molecule has 1 saturated heterocycles. The summed E-state index contributed by atoms with van der Waals surface area (Å²) in [5.41, 5.74) is 0.728. The van der Waals surface area contributed by atoms with Crippen LogP contribution in [0, 0.1) is 5.92 Å². The molecule has 3 rings (SSSR count). The van der Waals surface area contributed by atoms with Crippen LogP contribution in [0.15, 0.2) is 33.9 Å². The van der Waals surface area contributed by atoms with Gasteiger partial charge in [-0.15, -0.1) is 0 Å². The molecule has 1 aromatic heterocycles. The SMILES string of the molecule is CC(C)C(O)c1cccc([C@H](C)Nc2nc(=O)n(C3CCOCC3)c(=O)[nH]2)c1. The molecule has 152 valence electrons. The van der Waals surface area contributed by atoms with E-state index in [2.05, 4.69) is 15.3 Å². The van der Waals surface area contributed by atoms with E-state index in [-0.39, 0.29) is 23.9 Å². The van der Waals surface area contributed by atoms with E-state index in [1.807, 2.05) is 45.0 Å². The van der Waals surface area contributed by atoms with Crippen LogP contribution in [0.1, 0.15) is 62.9 Å². The summed E-state index contributed by atoms with van der Waals surface area (Å²) in [7, 11) is 0. The molecular formula is C20H28N4O4. The lowest BCUT2D eigenvalue weighted by atomic mass is 9.96. The molecule has 1 unspecified atom stereocenters. The van der Waals surface area contributed by atoms with Gasteiger partial charge in [-0.05, 0) is 36.8 Å². The Kier molecular flexibility index (Phi) is 6.31. The van der Waals surface area contributed by atoms with Gasteiger partial charge in [0.15, 0.2) is 0 Å². The molecule has 2 heterocycles. The van der Waals surface area contributed by atoms with E-state index in [9.17, 15) is 14.7 Å². The molecule has 0 bridgehead atoms. The number of aromatic nitrogens is 3. The van der Waals surface area contributed by atoms with Crippen molar-refractivity contribution in [1.82, 2.24) is 14.5 Å². The van der Waals surface area contributed by atoms with Gasteiger partial charge in [-0.2, -0.15) is 4.98 Å². The Morgan fingerprint density at radius 2 is 1.89 bits per heavy atom. The largest absolute Gasteiger partial charge is 0.388 e. The minimum Gasteiger partial charge on any atom is -0.388 e. The molecule has 0 radical (unpaired) electrons.